The fraction of sp³-hybridized carbons (Fsp3) is 0.588. The highest BCUT2D eigenvalue weighted by Crippen LogP contribution is 2.33. The zero-order valence-electron chi connectivity index (χ0n) is 14.3. The lowest BCUT2D eigenvalue weighted by Gasteiger charge is -2.26. The molecule has 1 heterocycles. The molecular formula is C17H27ClN2O3. The van der Waals surface area contributed by atoms with Gasteiger partial charge in [-0.15, -0.1) is 12.4 Å². The molecule has 1 atom stereocenters. The molecule has 0 saturated carbocycles. The summed E-state index contributed by atoms with van der Waals surface area (Å²) in [5.74, 6) is 1.32. The van der Waals surface area contributed by atoms with E-state index in [1.54, 1.807) is 14.2 Å². The Morgan fingerprint density at radius 2 is 2.00 bits per heavy atom. The van der Waals surface area contributed by atoms with Gasteiger partial charge >= 0.3 is 0 Å². The molecule has 0 bridgehead atoms. The summed E-state index contributed by atoms with van der Waals surface area (Å²) in [4.78, 5) is 12.6. The third-order valence-electron chi connectivity index (χ3n) is 4.34. The Balaban J connectivity index is 0.00000264. The van der Waals surface area contributed by atoms with Gasteiger partial charge in [0.05, 0.1) is 19.6 Å². The van der Waals surface area contributed by atoms with Crippen LogP contribution in [0.5, 0.6) is 11.5 Å². The van der Waals surface area contributed by atoms with Crippen molar-refractivity contribution >= 4 is 18.3 Å². The molecular weight excluding hydrogens is 316 g/mol. The molecule has 1 saturated heterocycles. The number of rotatable bonds is 6. The average Bonchev–Trinajstić information content (AvgIpc) is 3.05. The average molecular weight is 343 g/mol. The first-order chi connectivity index (χ1) is 10.5. The number of methoxy groups -OCH3 is 2. The third-order valence-corrected chi connectivity index (χ3v) is 4.34. The molecule has 1 aliphatic heterocycles. The van der Waals surface area contributed by atoms with Gasteiger partial charge in [-0.25, -0.2) is 0 Å². The fourth-order valence-corrected chi connectivity index (χ4v) is 2.72. The summed E-state index contributed by atoms with van der Waals surface area (Å²) in [6, 6.07) is 6.01. The van der Waals surface area contributed by atoms with Crippen LogP contribution in [0.2, 0.25) is 0 Å². The highest BCUT2D eigenvalue weighted by atomic mass is 35.5. The van der Waals surface area contributed by atoms with E-state index < -0.39 is 5.41 Å². The predicted molar refractivity (Wildman–Crippen MR) is 93.9 cm³/mol. The Kier molecular flexibility index (Phi) is 7.16. The minimum atomic E-state index is -0.627. The van der Waals surface area contributed by atoms with Crippen LogP contribution in [0.1, 0.15) is 32.3 Å². The van der Waals surface area contributed by atoms with Crippen LogP contribution in [-0.2, 0) is 10.2 Å². The van der Waals surface area contributed by atoms with E-state index in [2.05, 4.69) is 10.6 Å². The summed E-state index contributed by atoms with van der Waals surface area (Å²) in [6.07, 6.45) is 2.30. The van der Waals surface area contributed by atoms with Gasteiger partial charge in [-0.1, -0.05) is 6.07 Å². The van der Waals surface area contributed by atoms with Crippen LogP contribution >= 0.6 is 12.4 Å². The van der Waals surface area contributed by atoms with Crippen molar-refractivity contribution in [1.82, 2.24) is 10.6 Å². The maximum absolute atomic E-state index is 12.6. The number of ether oxygens (including phenoxy) is 2. The summed E-state index contributed by atoms with van der Waals surface area (Å²) < 4.78 is 10.6. The molecule has 23 heavy (non-hydrogen) atoms. The molecule has 2 N–H and O–H groups in total. The molecule has 0 spiro atoms. The quantitative estimate of drug-likeness (QED) is 0.832. The molecule has 0 radical (unpaired) electrons. The largest absolute Gasteiger partial charge is 0.493 e. The molecule has 0 aromatic heterocycles. The maximum atomic E-state index is 12.6. The van der Waals surface area contributed by atoms with E-state index in [1.807, 2.05) is 32.0 Å². The monoisotopic (exact) mass is 342 g/mol. The molecule has 1 amide bonds. The first kappa shape index (κ1) is 19.6. The van der Waals surface area contributed by atoms with E-state index in [4.69, 9.17) is 9.47 Å². The fourth-order valence-electron chi connectivity index (χ4n) is 2.72. The van der Waals surface area contributed by atoms with Gasteiger partial charge in [0.1, 0.15) is 0 Å². The van der Waals surface area contributed by atoms with Crippen molar-refractivity contribution in [2.45, 2.75) is 38.1 Å². The minimum Gasteiger partial charge on any atom is -0.493 e. The first-order valence-corrected chi connectivity index (χ1v) is 7.73. The van der Waals surface area contributed by atoms with Crippen molar-refractivity contribution in [3.63, 3.8) is 0 Å². The van der Waals surface area contributed by atoms with E-state index in [1.165, 1.54) is 6.42 Å². The third kappa shape index (κ3) is 4.52. The molecule has 1 aromatic carbocycles. The normalized spacial score (nSPS) is 17.3. The second kappa shape index (κ2) is 8.41. The van der Waals surface area contributed by atoms with Crippen LogP contribution in [-0.4, -0.2) is 39.3 Å². The van der Waals surface area contributed by atoms with Crippen LogP contribution in [0.3, 0.4) is 0 Å². The zero-order chi connectivity index (χ0) is 16.2. The predicted octanol–water partition coefficient (Wildman–Crippen LogP) is 2.27. The van der Waals surface area contributed by atoms with Crippen LogP contribution in [0, 0.1) is 0 Å². The van der Waals surface area contributed by atoms with Gasteiger partial charge in [-0.2, -0.15) is 0 Å². The summed E-state index contributed by atoms with van der Waals surface area (Å²) in [6.45, 7) is 5.56. The van der Waals surface area contributed by atoms with Crippen molar-refractivity contribution in [2.24, 2.45) is 0 Å². The summed E-state index contributed by atoms with van der Waals surface area (Å²) >= 11 is 0. The van der Waals surface area contributed by atoms with Crippen LogP contribution in [0.15, 0.2) is 18.2 Å². The van der Waals surface area contributed by atoms with E-state index >= 15 is 0 Å². The van der Waals surface area contributed by atoms with Gasteiger partial charge in [0.15, 0.2) is 11.5 Å². The summed E-state index contributed by atoms with van der Waals surface area (Å²) in [5.41, 5.74) is 0.278. The van der Waals surface area contributed by atoms with Crippen molar-refractivity contribution in [1.29, 1.82) is 0 Å². The number of nitrogens with one attached hydrogen (secondary N) is 2. The Morgan fingerprint density at radius 3 is 2.57 bits per heavy atom. The van der Waals surface area contributed by atoms with Gasteiger partial charge in [-0.3, -0.25) is 4.79 Å². The molecule has 2 rings (SSSR count). The van der Waals surface area contributed by atoms with E-state index in [9.17, 15) is 4.79 Å². The second-order valence-electron chi connectivity index (χ2n) is 6.20. The Bertz CT molecular complexity index is 529. The SMILES string of the molecule is COc1ccc(C(C)(C)C(=O)NCC2CCCN2)cc1OC.Cl. The zero-order valence-corrected chi connectivity index (χ0v) is 15.1. The van der Waals surface area contributed by atoms with Crippen LogP contribution in [0.4, 0.5) is 0 Å². The molecule has 130 valence electrons. The number of benzene rings is 1. The molecule has 1 unspecified atom stereocenters. The van der Waals surface area contributed by atoms with Gasteiger partial charge < -0.3 is 20.1 Å². The number of carbonyl (C=O) groups excluding carboxylic acids is 1. The minimum absolute atomic E-state index is 0. The maximum Gasteiger partial charge on any atom is 0.230 e. The van der Waals surface area contributed by atoms with Crippen molar-refractivity contribution < 1.29 is 14.3 Å². The number of carbonyl (C=O) groups is 1. The Morgan fingerprint density at radius 1 is 1.30 bits per heavy atom. The lowest BCUT2D eigenvalue weighted by atomic mass is 9.83. The molecule has 0 aliphatic carbocycles. The smallest absolute Gasteiger partial charge is 0.230 e. The standard InChI is InChI=1S/C17H26N2O3.ClH/c1-17(2,16(20)19-11-13-6-5-9-18-13)12-7-8-14(21-3)15(10-12)22-4;/h7-8,10,13,18H,5-6,9,11H2,1-4H3,(H,19,20);1H. The lowest BCUT2D eigenvalue weighted by Crippen LogP contribution is -2.45. The molecule has 1 aromatic rings. The van der Waals surface area contributed by atoms with E-state index in [0.717, 1.165) is 18.5 Å². The van der Waals surface area contributed by atoms with E-state index in [0.29, 0.717) is 24.1 Å². The molecule has 1 fully saturated rings. The van der Waals surface area contributed by atoms with Gasteiger partial charge in [0.2, 0.25) is 5.91 Å². The summed E-state index contributed by atoms with van der Waals surface area (Å²) in [5, 5.41) is 6.44. The van der Waals surface area contributed by atoms with Crippen LogP contribution in [0.25, 0.3) is 0 Å². The Labute approximate surface area is 144 Å². The van der Waals surface area contributed by atoms with Crippen molar-refractivity contribution in [3.05, 3.63) is 23.8 Å². The van der Waals surface area contributed by atoms with Gasteiger partial charge in [0, 0.05) is 12.6 Å². The molecule has 1 aliphatic rings. The van der Waals surface area contributed by atoms with Crippen LogP contribution < -0.4 is 20.1 Å². The van der Waals surface area contributed by atoms with Gasteiger partial charge in [-0.05, 0) is 50.9 Å². The lowest BCUT2D eigenvalue weighted by molar-refractivity contribution is -0.125. The van der Waals surface area contributed by atoms with Crippen molar-refractivity contribution in [2.75, 3.05) is 27.3 Å². The second-order valence-corrected chi connectivity index (χ2v) is 6.20. The molecule has 5 nitrogen and oxygen atoms in total. The van der Waals surface area contributed by atoms with Gasteiger partial charge in [0.25, 0.3) is 0 Å². The summed E-state index contributed by atoms with van der Waals surface area (Å²) in [7, 11) is 3.20. The number of amides is 1. The topological polar surface area (TPSA) is 59.6 Å². The first-order valence-electron chi connectivity index (χ1n) is 7.73. The van der Waals surface area contributed by atoms with Crippen molar-refractivity contribution in [3.8, 4) is 11.5 Å². The Hall–Kier alpha value is -1.46. The van der Waals surface area contributed by atoms with E-state index in [-0.39, 0.29) is 18.3 Å². The molecule has 6 heteroatoms. The highest BCUT2D eigenvalue weighted by Gasteiger charge is 2.31. The number of hydrogen-bond acceptors (Lipinski definition) is 4. The number of hydrogen-bond donors (Lipinski definition) is 2. The highest BCUT2D eigenvalue weighted by molar-refractivity contribution is 5.87. The number of halogens is 1.